The van der Waals surface area contributed by atoms with Crippen molar-refractivity contribution in [2.75, 3.05) is 0 Å². The van der Waals surface area contributed by atoms with Crippen LogP contribution in [0.25, 0.3) is 10.9 Å². The Bertz CT molecular complexity index is 1720. The van der Waals surface area contributed by atoms with E-state index in [1.54, 1.807) is 37.3 Å². The van der Waals surface area contributed by atoms with Gasteiger partial charge in [0, 0.05) is 22.9 Å². The summed E-state index contributed by atoms with van der Waals surface area (Å²) in [7, 11) is 0. The summed E-state index contributed by atoms with van der Waals surface area (Å²) >= 11 is 0. The lowest BCUT2D eigenvalue weighted by Gasteiger charge is -2.28. The Hall–Kier alpha value is -5.09. The summed E-state index contributed by atoms with van der Waals surface area (Å²) in [4.78, 5) is 56.6. The maximum Gasteiger partial charge on any atom is 0.270 e. The molecule has 3 aromatic carbocycles. The average Bonchev–Trinajstić information content (AvgIpc) is 2.99. The summed E-state index contributed by atoms with van der Waals surface area (Å²) in [6, 6.07) is 23.3. The summed E-state index contributed by atoms with van der Waals surface area (Å²) in [6.07, 6.45) is -1.30. The molecule has 10 heteroatoms. The molecule has 1 heterocycles. The minimum Gasteiger partial charge on any atom is -0.391 e. The Morgan fingerprint density at radius 2 is 1.50 bits per heavy atom. The first-order chi connectivity index (χ1) is 21.8. The van der Waals surface area contributed by atoms with Crippen molar-refractivity contribution >= 4 is 34.5 Å². The third-order valence-corrected chi connectivity index (χ3v) is 7.43. The van der Waals surface area contributed by atoms with Gasteiger partial charge in [-0.3, -0.25) is 19.2 Å². The van der Waals surface area contributed by atoms with E-state index in [1.807, 2.05) is 75.4 Å². The number of amides is 4. The van der Waals surface area contributed by atoms with Crippen LogP contribution in [0.3, 0.4) is 0 Å². The van der Waals surface area contributed by atoms with Gasteiger partial charge in [0.1, 0.15) is 11.7 Å². The number of carbonyl (C=O) groups is 4. The zero-order valence-corrected chi connectivity index (χ0v) is 26.5. The van der Waals surface area contributed by atoms with E-state index in [4.69, 9.17) is 5.73 Å². The predicted octanol–water partition coefficient (Wildman–Crippen LogP) is 3.38. The third kappa shape index (κ3) is 9.21. The average molecular weight is 624 g/mol. The van der Waals surface area contributed by atoms with Crippen LogP contribution < -0.4 is 21.7 Å². The van der Waals surface area contributed by atoms with Crippen LogP contribution in [-0.4, -0.2) is 57.4 Å². The maximum absolute atomic E-state index is 13.7. The monoisotopic (exact) mass is 623 g/mol. The van der Waals surface area contributed by atoms with Crippen molar-refractivity contribution in [2.45, 2.75) is 70.7 Å². The first kappa shape index (κ1) is 33.8. The number of pyridine rings is 1. The van der Waals surface area contributed by atoms with Gasteiger partial charge in [-0.25, -0.2) is 4.98 Å². The fraction of sp³-hybridized carbons (Fsp3) is 0.306. The molecule has 0 saturated carbocycles. The van der Waals surface area contributed by atoms with Crippen LogP contribution in [0.5, 0.6) is 0 Å². The van der Waals surface area contributed by atoms with Crippen LogP contribution in [0.2, 0.25) is 0 Å². The van der Waals surface area contributed by atoms with Gasteiger partial charge in [-0.1, -0.05) is 66.7 Å². The van der Waals surface area contributed by atoms with Gasteiger partial charge >= 0.3 is 0 Å². The SMILES string of the molecule is Cc1cc2ccccc2nc1C(=O)N[C@@H](CC(N)=O)C(=O)N[C@@H](Cc1ccccc1)[C@H](O)Cc1ccccc1C(=O)NC(C)(C)C. The quantitative estimate of drug-likeness (QED) is 0.162. The number of hydrogen-bond donors (Lipinski definition) is 5. The number of nitrogens with zero attached hydrogens (tertiary/aromatic N) is 1. The highest BCUT2D eigenvalue weighted by Gasteiger charge is 2.30. The Morgan fingerprint density at radius 3 is 2.20 bits per heavy atom. The van der Waals surface area contributed by atoms with Crippen molar-refractivity contribution in [1.29, 1.82) is 0 Å². The Balaban J connectivity index is 1.58. The van der Waals surface area contributed by atoms with Crippen LogP contribution in [0.15, 0.2) is 84.9 Å². The molecular weight excluding hydrogens is 582 g/mol. The van der Waals surface area contributed by atoms with Crippen LogP contribution in [0.4, 0.5) is 0 Å². The summed E-state index contributed by atoms with van der Waals surface area (Å²) in [6.45, 7) is 7.38. The second kappa shape index (κ2) is 14.8. The first-order valence-corrected chi connectivity index (χ1v) is 15.2. The molecular formula is C36H41N5O5. The van der Waals surface area contributed by atoms with Crippen LogP contribution in [-0.2, 0) is 22.4 Å². The molecule has 46 heavy (non-hydrogen) atoms. The molecule has 4 amide bonds. The summed E-state index contributed by atoms with van der Waals surface area (Å²) in [5, 5.41) is 20.8. The Kier molecular flexibility index (Phi) is 10.9. The molecule has 6 N–H and O–H groups in total. The van der Waals surface area contributed by atoms with Crippen molar-refractivity contribution in [3.05, 3.63) is 113 Å². The fourth-order valence-corrected chi connectivity index (χ4v) is 5.22. The molecule has 0 radical (unpaired) electrons. The van der Waals surface area contributed by atoms with E-state index >= 15 is 0 Å². The second-order valence-corrected chi connectivity index (χ2v) is 12.5. The molecule has 0 bridgehead atoms. The predicted molar refractivity (Wildman–Crippen MR) is 177 cm³/mol. The number of rotatable bonds is 12. The highest BCUT2D eigenvalue weighted by Crippen LogP contribution is 2.18. The van der Waals surface area contributed by atoms with E-state index < -0.39 is 47.9 Å². The van der Waals surface area contributed by atoms with Crippen molar-refractivity contribution in [3.63, 3.8) is 0 Å². The zero-order chi connectivity index (χ0) is 33.4. The van der Waals surface area contributed by atoms with Gasteiger partial charge in [0.05, 0.1) is 24.1 Å². The van der Waals surface area contributed by atoms with E-state index in [-0.39, 0.29) is 24.4 Å². The lowest BCUT2D eigenvalue weighted by molar-refractivity contribution is -0.128. The first-order valence-electron chi connectivity index (χ1n) is 15.2. The molecule has 0 aliphatic rings. The van der Waals surface area contributed by atoms with Gasteiger partial charge < -0.3 is 26.8 Å². The van der Waals surface area contributed by atoms with Gasteiger partial charge in [-0.2, -0.15) is 0 Å². The number of aliphatic hydroxyl groups is 1. The fourth-order valence-electron chi connectivity index (χ4n) is 5.22. The number of fused-ring (bicyclic) bond motifs is 1. The molecule has 240 valence electrons. The number of para-hydroxylation sites is 1. The Morgan fingerprint density at radius 1 is 0.848 bits per heavy atom. The van der Waals surface area contributed by atoms with Crippen molar-refractivity contribution in [2.24, 2.45) is 5.73 Å². The normalized spacial score (nSPS) is 13.3. The molecule has 4 rings (SSSR count). The van der Waals surface area contributed by atoms with E-state index in [2.05, 4.69) is 20.9 Å². The zero-order valence-electron chi connectivity index (χ0n) is 26.5. The number of nitrogens with one attached hydrogen (secondary N) is 3. The number of aliphatic hydroxyl groups excluding tert-OH is 1. The molecule has 0 aliphatic heterocycles. The molecule has 0 fully saturated rings. The van der Waals surface area contributed by atoms with Gasteiger partial charge in [0.25, 0.3) is 11.8 Å². The van der Waals surface area contributed by atoms with Crippen LogP contribution in [0, 0.1) is 6.92 Å². The van der Waals surface area contributed by atoms with Gasteiger partial charge in [-0.05, 0) is 69.0 Å². The molecule has 1 aromatic heterocycles. The van der Waals surface area contributed by atoms with E-state index in [1.165, 1.54) is 0 Å². The minimum atomic E-state index is -1.33. The number of aromatic nitrogens is 1. The molecule has 3 atom stereocenters. The number of hydrogen-bond acceptors (Lipinski definition) is 6. The number of benzene rings is 3. The maximum atomic E-state index is 13.7. The Labute approximate surface area is 268 Å². The number of aryl methyl sites for hydroxylation is 1. The van der Waals surface area contributed by atoms with Crippen molar-refractivity contribution < 1.29 is 24.3 Å². The van der Waals surface area contributed by atoms with Gasteiger partial charge in [0.2, 0.25) is 11.8 Å². The third-order valence-electron chi connectivity index (χ3n) is 7.43. The van der Waals surface area contributed by atoms with Crippen molar-refractivity contribution in [3.8, 4) is 0 Å². The molecule has 0 aliphatic carbocycles. The largest absolute Gasteiger partial charge is 0.391 e. The van der Waals surface area contributed by atoms with E-state index in [9.17, 15) is 24.3 Å². The number of carbonyl (C=O) groups excluding carboxylic acids is 4. The standard InChI is InChI=1S/C36H41N5O5/c1-22-18-25-15-9-11-17-27(25)38-32(22)35(46)40-29(21-31(37)43)34(45)39-28(19-23-12-6-5-7-13-23)30(42)20-24-14-8-10-16-26(24)33(44)41-36(2,3)4/h5-18,28-30,42H,19-21H2,1-4H3,(H2,37,43)(H,39,45)(H,40,46)(H,41,44)/t28-,29-,30+/m0/s1. The minimum absolute atomic E-state index is 0.0541. The van der Waals surface area contributed by atoms with Gasteiger partial charge in [0.15, 0.2) is 0 Å². The molecule has 0 saturated heterocycles. The highest BCUT2D eigenvalue weighted by atomic mass is 16.3. The summed E-state index contributed by atoms with van der Waals surface area (Å²) < 4.78 is 0. The second-order valence-electron chi connectivity index (χ2n) is 12.5. The number of primary amides is 1. The lowest BCUT2D eigenvalue weighted by atomic mass is 9.93. The lowest BCUT2D eigenvalue weighted by Crippen LogP contribution is -2.54. The smallest absolute Gasteiger partial charge is 0.270 e. The highest BCUT2D eigenvalue weighted by molar-refractivity contribution is 6.00. The van der Waals surface area contributed by atoms with Gasteiger partial charge in [-0.15, -0.1) is 0 Å². The molecule has 10 nitrogen and oxygen atoms in total. The summed E-state index contributed by atoms with van der Waals surface area (Å²) in [5.41, 5.74) is 8.20. The van der Waals surface area contributed by atoms with E-state index in [0.29, 0.717) is 22.2 Å². The molecule has 0 spiro atoms. The molecule has 4 aromatic rings. The van der Waals surface area contributed by atoms with Crippen LogP contribution in [0.1, 0.15) is 64.7 Å². The van der Waals surface area contributed by atoms with E-state index in [0.717, 1.165) is 10.9 Å². The molecule has 0 unspecified atom stereocenters. The van der Waals surface area contributed by atoms with Crippen LogP contribution >= 0.6 is 0 Å². The van der Waals surface area contributed by atoms with Crippen molar-refractivity contribution in [1.82, 2.24) is 20.9 Å². The summed E-state index contributed by atoms with van der Waals surface area (Å²) in [5.74, 6) is -2.39. The topological polar surface area (TPSA) is 164 Å². The number of nitrogens with two attached hydrogens (primary N) is 1.